The minimum atomic E-state index is 0.566. The Balaban J connectivity index is 2.58. The lowest BCUT2D eigenvalue weighted by Crippen LogP contribution is -2.18. The minimum Gasteiger partial charge on any atom is -0.399 e. The highest BCUT2D eigenvalue weighted by Crippen LogP contribution is 2.08. The van der Waals surface area contributed by atoms with Gasteiger partial charge in [-0.2, -0.15) is 0 Å². The fourth-order valence-electron chi connectivity index (χ4n) is 0.679. The highest BCUT2D eigenvalue weighted by Gasteiger charge is 1.87. The quantitative estimate of drug-likeness (QED) is 0.331. The van der Waals surface area contributed by atoms with Gasteiger partial charge in [-0.15, -0.1) is 0 Å². The molecule has 58 valence electrons. The first-order valence-corrected chi connectivity index (χ1v) is 3.13. The van der Waals surface area contributed by atoms with Crippen molar-refractivity contribution in [2.24, 2.45) is 0 Å². The SMILES string of the molecule is Nc1ccc(NNC=O)cc1. The van der Waals surface area contributed by atoms with Crippen LogP contribution in [-0.4, -0.2) is 6.41 Å². The lowest BCUT2D eigenvalue weighted by Gasteiger charge is -2.02. The molecular formula is C7H9N3O. The molecule has 0 aromatic heterocycles. The van der Waals surface area contributed by atoms with Crippen LogP contribution in [-0.2, 0) is 4.79 Å². The molecule has 0 aliphatic rings. The summed E-state index contributed by atoms with van der Waals surface area (Å²) in [5.41, 5.74) is 11.9. The van der Waals surface area contributed by atoms with Crippen LogP contribution in [0.2, 0.25) is 0 Å². The zero-order chi connectivity index (χ0) is 8.10. The third-order valence-electron chi connectivity index (χ3n) is 1.19. The summed E-state index contributed by atoms with van der Waals surface area (Å²) in [5, 5.41) is 0. The van der Waals surface area contributed by atoms with Gasteiger partial charge < -0.3 is 5.73 Å². The van der Waals surface area contributed by atoms with Crippen LogP contribution in [0.15, 0.2) is 24.3 Å². The van der Waals surface area contributed by atoms with E-state index in [0.29, 0.717) is 12.1 Å². The number of anilines is 2. The number of hydrazine groups is 1. The maximum Gasteiger partial charge on any atom is 0.225 e. The Hall–Kier alpha value is -1.71. The number of hydrogen-bond acceptors (Lipinski definition) is 3. The van der Waals surface area contributed by atoms with Gasteiger partial charge in [0.2, 0.25) is 6.41 Å². The average molecular weight is 151 g/mol. The van der Waals surface area contributed by atoms with Gasteiger partial charge in [0.1, 0.15) is 0 Å². The molecule has 0 aliphatic heterocycles. The van der Waals surface area contributed by atoms with Crippen molar-refractivity contribution in [3.05, 3.63) is 24.3 Å². The lowest BCUT2D eigenvalue weighted by atomic mass is 10.3. The smallest absolute Gasteiger partial charge is 0.225 e. The van der Waals surface area contributed by atoms with Crippen LogP contribution in [0.1, 0.15) is 0 Å². The maximum atomic E-state index is 9.85. The van der Waals surface area contributed by atoms with Crippen molar-refractivity contribution in [2.45, 2.75) is 0 Å². The molecule has 0 atom stereocenters. The molecule has 1 amide bonds. The summed E-state index contributed by atoms with van der Waals surface area (Å²) in [4.78, 5) is 9.85. The van der Waals surface area contributed by atoms with Crippen LogP contribution < -0.4 is 16.6 Å². The number of carbonyl (C=O) groups excluding carboxylic acids is 1. The first-order valence-electron chi connectivity index (χ1n) is 3.13. The molecule has 0 heterocycles. The molecule has 0 unspecified atom stereocenters. The van der Waals surface area contributed by atoms with Gasteiger partial charge in [0, 0.05) is 5.69 Å². The third kappa shape index (κ3) is 2.17. The van der Waals surface area contributed by atoms with E-state index in [2.05, 4.69) is 10.9 Å². The average Bonchev–Trinajstić information content (AvgIpc) is 2.04. The summed E-state index contributed by atoms with van der Waals surface area (Å²) < 4.78 is 0. The van der Waals surface area contributed by atoms with Crippen molar-refractivity contribution >= 4 is 17.8 Å². The lowest BCUT2D eigenvalue weighted by molar-refractivity contribution is -0.109. The van der Waals surface area contributed by atoms with E-state index < -0.39 is 0 Å². The molecule has 0 radical (unpaired) electrons. The van der Waals surface area contributed by atoms with Crippen molar-refractivity contribution < 1.29 is 4.79 Å². The van der Waals surface area contributed by atoms with E-state index in [0.717, 1.165) is 5.69 Å². The van der Waals surface area contributed by atoms with Crippen molar-refractivity contribution in [3.63, 3.8) is 0 Å². The fourth-order valence-corrected chi connectivity index (χ4v) is 0.679. The summed E-state index contributed by atoms with van der Waals surface area (Å²) in [6.07, 6.45) is 0.566. The van der Waals surface area contributed by atoms with Gasteiger partial charge in [-0.3, -0.25) is 15.6 Å². The van der Waals surface area contributed by atoms with Crippen LogP contribution in [0, 0.1) is 0 Å². The monoisotopic (exact) mass is 151 g/mol. The molecule has 0 saturated carbocycles. The van der Waals surface area contributed by atoms with E-state index in [-0.39, 0.29) is 0 Å². The van der Waals surface area contributed by atoms with E-state index in [1.165, 1.54) is 0 Å². The Kier molecular flexibility index (Phi) is 2.32. The van der Waals surface area contributed by atoms with E-state index in [9.17, 15) is 4.79 Å². The Morgan fingerprint density at radius 1 is 1.27 bits per heavy atom. The molecule has 1 aromatic carbocycles. The molecular weight excluding hydrogens is 142 g/mol. The van der Waals surface area contributed by atoms with E-state index in [4.69, 9.17) is 5.73 Å². The summed E-state index contributed by atoms with van der Waals surface area (Å²) in [5.74, 6) is 0. The Morgan fingerprint density at radius 3 is 2.45 bits per heavy atom. The third-order valence-corrected chi connectivity index (χ3v) is 1.19. The number of rotatable bonds is 3. The second kappa shape index (κ2) is 3.46. The van der Waals surface area contributed by atoms with E-state index in [1.54, 1.807) is 24.3 Å². The Morgan fingerprint density at radius 2 is 1.91 bits per heavy atom. The van der Waals surface area contributed by atoms with Gasteiger partial charge in [-0.25, -0.2) is 0 Å². The highest BCUT2D eigenvalue weighted by atomic mass is 16.1. The summed E-state index contributed by atoms with van der Waals surface area (Å²) in [6.45, 7) is 0. The molecule has 0 saturated heterocycles. The predicted molar refractivity (Wildman–Crippen MR) is 43.7 cm³/mol. The van der Waals surface area contributed by atoms with Crippen molar-refractivity contribution in [2.75, 3.05) is 11.2 Å². The minimum absolute atomic E-state index is 0.566. The summed E-state index contributed by atoms with van der Waals surface area (Å²) in [6, 6.07) is 7.03. The molecule has 4 heteroatoms. The first-order chi connectivity index (χ1) is 5.33. The normalized spacial score (nSPS) is 8.73. The molecule has 0 aliphatic carbocycles. The molecule has 11 heavy (non-hydrogen) atoms. The molecule has 1 rings (SSSR count). The standard InChI is InChI=1S/C7H9N3O/c8-6-1-3-7(4-2-6)10-9-5-11/h1-5,10H,8H2,(H,9,11). The van der Waals surface area contributed by atoms with Crippen LogP contribution in [0.5, 0.6) is 0 Å². The number of hydrogen-bond donors (Lipinski definition) is 3. The maximum absolute atomic E-state index is 9.85. The summed E-state index contributed by atoms with van der Waals surface area (Å²) >= 11 is 0. The second-order valence-corrected chi connectivity index (χ2v) is 2.01. The number of carbonyl (C=O) groups is 1. The van der Waals surface area contributed by atoms with E-state index in [1.807, 2.05) is 0 Å². The Labute approximate surface area is 64.4 Å². The van der Waals surface area contributed by atoms with Crippen LogP contribution >= 0.6 is 0 Å². The molecule has 0 bridgehead atoms. The molecule has 4 N–H and O–H groups in total. The molecule has 1 aromatic rings. The van der Waals surface area contributed by atoms with Crippen LogP contribution in [0.3, 0.4) is 0 Å². The fraction of sp³-hybridized carbons (Fsp3) is 0. The zero-order valence-electron chi connectivity index (χ0n) is 5.87. The zero-order valence-corrected chi connectivity index (χ0v) is 5.87. The first kappa shape index (κ1) is 7.40. The van der Waals surface area contributed by atoms with Gasteiger partial charge in [0.15, 0.2) is 0 Å². The topological polar surface area (TPSA) is 67.2 Å². The van der Waals surface area contributed by atoms with Gasteiger partial charge in [0.25, 0.3) is 0 Å². The van der Waals surface area contributed by atoms with Crippen LogP contribution in [0.4, 0.5) is 11.4 Å². The number of nitrogens with two attached hydrogens (primary N) is 1. The van der Waals surface area contributed by atoms with Crippen LogP contribution in [0.25, 0.3) is 0 Å². The molecule has 4 nitrogen and oxygen atoms in total. The number of nitrogens with one attached hydrogen (secondary N) is 2. The number of benzene rings is 1. The van der Waals surface area contributed by atoms with Gasteiger partial charge in [-0.1, -0.05) is 0 Å². The molecule has 0 spiro atoms. The number of amides is 1. The van der Waals surface area contributed by atoms with Crippen molar-refractivity contribution in [1.82, 2.24) is 5.43 Å². The van der Waals surface area contributed by atoms with E-state index >= 15 is 0 Å². The van der Waals surface area contributed by atoms with Gasteiger partial charge in [-0.05, 0) is 24.3 Å². The Bertz CT molecular complexity index is 232. The number of nitrogen functional groups attached to an aromatic ring is 1. The predicted octanol–water partition coefficient (Wildman–Crippen LogP) is 0.342. The summed E-state index contributed by atoms with van der Waals surface area (Å²) in [7, 11) is 0. The van der Waals surface area contributed by atoms with Crippen molar-refractivity contribution in [1.29, 1.82) is 0 Å². The van der Waals surface area contributed by atoms with Crippen molar-refractivity contribution in [3.8, 4) is 0 Å². The largest absolute Gasteiger partial charge is 0.399 e. The van der Waals surface area contributed by atoms with Gasteiger partial charge in [0.05, 0.1) is 5.69 Å². The second-order valence-electron chi connectivity index (χ2n) is 2.01. The highest BCUT2D eigenvalue weighted by molar-refractivity contribution is 5.55. The molecule has 0 fully saturated rings. The van der Waals surface area contributed by atoms with Gasteiger partial charge >= 0.3 is 0 Å².